The molecule has 1 unspecified atom stereocenters. The first-order chi connectivity index (χ1) is 12.9. The maximum Gasteiger partial charge on any atom is 0.325 e. The number of guanidine groups is 1. The van der Waals surface area contributed by atoms with Crippen LogP contribution in [0.1, 0.15) is 32.3 Å². The average Bonchev–Trinajstić information content (AvgIpc) is 2.88. The third kappa shape index (κ3) is 5.56. The van der Waals surface area contributed by atoms with Crippen molar-refractivity contribution < 1.29 is 9.59 Å². The number of halogens is 1. The number of nitrogens with zero attached hydrogens (tertiary/aromatic N) is 3. The van der Waals surface area contributed by atoms with Crippen LogP contribution in [-0.2, 0) is 11.2 Å². The summed E-state index contributed by atoms with van der Waals surface area (Å²) in [5.74, 6) is 0.515. The lowest BCUT2D eigenvalue weighted by Crippen LogP contribution is -2.43. The topological polar surface area (TPSA) is 98.7 Å². The lowest BCUT2D eigenvalue weighted by molar-refractivity contribution is -0.130. The van der Waals surface area contributed by atoms with Gasteiger partial charge in [0.05, 0.1) is 0 Å². The highest BCUT2D eigenvalue weighted by Gasteiger charge is 2.45. The Morgan fingerprint density at radius 1 is 1.33 bits per heavy atom. The van der Waals surface area contributed by atoms with Gasteiger partial charge in [-0.3, -0.25) is 14.7 Å². The molecule has 1 atom stereocenters. The lowest BCUT2D eigenvalue weighted by atomic mass is 9.99. The highest BCUT2D eigenvalue weighted by atomic mass is 35.5. The molecule has 0 saturated carbocycles. The van der Waals surface area contributed by atoms with E-state index in [0.717, 1.165) is 12.0 Å². The van der Waals surface area contributed by atoms with E-state index in [-0.39, 0.29) is 11.9 Å². The fourth-order valence-electron chi connectivity index (χ4n) is 2.73. The molecule has 0 aliphatic carbocycles. The number of aliphatic imine (C=N–C) groups is 1. The minimum atomic E-state index is -0.779. The van der Waals surface area contributed by atoms with Crippen molar-refractivity contribution in [1.82, 2.24) is 25.8 Å². The van der Waals surface area contributed by atoms with E-state index in [2.05, 4.69) is 25.9 Å². The lowest BCUT2D eigenvalue weighted by Gasteiger charge is -2.19. The van der Waals surface area contributed by atoms with E-state index in [0.29, 0.717) is 43.6 Å². The van der Waals surface area contributed by atoms with Crippen LogP contribution < -0.4 is 16.0 Å². The molecule has 1 aromatic heterocycles. The molecular weight excluding hydrogens is 368 g/mol. The number of nitrogens with one attached hydrogen (secondary N) is 3. The fraction of sp³-hybridized carbons (Fsp3) is 0.556. The van der Waals surface area contributed by atoms with Crippen LogP contribution in [0.3, 0.4) is 0 Å². The molecule has 1 aliphatic rings. The van der Waals surface area contributed by atoms with Gasteiger partial charge in [0, 0.05) is 32.9 Å². The average molecular weight is 395 g/mol. The van der Waals surface area contributed by atoms with Gasteiger partial charge in [0.1, 0.15) is 10.7 Å². The zero-order valence-electron chi connectivity index (χ0n) is 16.0. The fourth-order valence-corrected chi connectivity index (χ4v) is 2.85. The Morgan fingerprint density at radius 2 is 2.07 bits per heavy atom. The SMILES string of the molecule is CCC1(C)NC(=O)N(CCCNC(=NC)NCCc2ccc(Cl)nc2)C1=O. The first-order valence-corrected chi connectivity index (χ1v) is 9.46. The van der Waals surface area contributed by atoms with Crippen molar-refractivity contribution in [3.05, 3.63) is 29.0 Å². The minimum Gasteiger partial charge on any atom is -0.356 e. The first-order valence-electron chi connectivity index (χ1n) is 9.08. The number of carbonyl (C=O) groups excluding carboxylic acids is 2. The number of amides is 3. The summed E-state index contributed by atoms with van der Waals surface area (Å²) in [4.78, 5) is 33.8. The van der Waals surface area contributed by atoms with Gasteiger partial charge >= 0.3 is 6.03 Å². The molecule has 3 N–H and O–H groups in total. The van der Waals surface area contributed by atoms with Crippen molar-refractivity contribution in [2.24, 2.45) is 4.99 Å². The number of hydrogen-bond donors (Lipinski definition) is 3. The summed E-state index contributed by atoms with van der Waals surface area (Å²) in [6, 6.07) is 3.39. The Hall–Kier alpha value is -2.35. The first kappa shape index (κ1) is 21.0. The van der Waals surface area contributed by atoms with E-state index in [1.807, 2.05) is 13.0 Å². The molecule has 1 aromatic rings. The molecule has 148 valence electrons. The predicted octanol–water partition coefficient (Wildman–Crippen LogP) is 1.55. The van der Waals surface area contributed by atoms with E-state index in [1.54, 1.807) is 26.2 Å². The number of pyridine rings is 1. The molecule has 1 saturated heterocycles. The molecule has 2 rings (SSSR count). The summed E-state index contributed by atoms with van der Waals surface area (Å²) in [6.07, 6.45) is 3.76. The summed E-state index contributed by atoms with van der Waals surface area (Å²) < 4.78 is 0. The Bertz CT molecular complexity index is 694. The van der Waals surface area contributed by atoms with E-state index < -0.39 is 5.54 Å². The summed E-state index contributed by atoms with van der Waals surface area (Å²) in [5, 5.41) is 9.64. The second-order valence-electron chi connectivity index (χ2n) is 6.59. The molecule has 0 bridgehead atoms. The molecular formula is C18H27ClN6O2. The third-order valence-electron chi connectivity index (χ3n) is 4.62. The van der Waals surface area contributed by atoms with E-state index >= 15 is 0 Å². The van der Waals surface area contributed by atoms with Gasteiger partial charge in [0.2, 0.25) is 0 Å². The van der Waals surface area contributed by atoms with Crippen LogP contribution in [0.5, 0.6) is 0 Å². The second-order valence-corrected chi connectivity index (χ2v) is 6.98. The van der Waals surface area contributed by atoms with Crippen molar-refractivity contribution in [2.75, 3.05) is 26.7 Å². The number of hydrogen-bond acceptors (Lipinski definition) is 4. The Morgan fingerprint density at radius 3 is 2.67 bits per heavy atom. The number of aromatic nitrogens is 1. The number of urea groups is 1. The van der Waals surface area contributed by atoms with E-state index in [1.165, 1.54) is 4.90 Å². The van der Waals surface area contributed by atoms with Crippen molar-refractivity contribution >= 4 is 29.5 Å². The third-order valence-corrected chi connectivity index (χ3v) is 4.85. The summed E-state index contributed by atoms with van der Waals surface area (Å²) in [6.45, 7) is 5.32. The monoisotopic (exact) mass is 394 g/mol. The van der Waals surface area contributed by atoms with Crippen LogP contribution in [0.4, 0.5) is 4.79 Å². The summed E-state index contributed by atoms with van der Waals surface area (Å²) in [5.41, 5.74) is 0.304. The van der Waals surface area contributed by atoms with Crippen LogP contribution in [0.25, 0.3) is 0 Å². The number of carbonyl (C=O) groups is 2. The molecule has 9 heteroatoms. The van der Waals surface area contributed by atoms with Gasteiger partial charge in [-0.2, -0.15) is 0 Å². The smallest absolute Gasteiger partial charge is 0.325 e. The standard InChI is InChI=1S/C18H27ClN6O2/c1-4-18(2)15(26)25(17(27)24-18)11-5-9-21-16(20-3)22-10-8-13-6-7-14(19)23-12-13/h6-7,12H,4-5,8-11H2,1-3H3,(H,24,27)(H2,20,21,22). The number of imide groups is 1. The van der Waals surface area contributed by atoms with Gasteiger partial charge < -0.3 is 16.0 Å². The number of rotatable bonds is 8. The van der Waals surface area contributed by atoms with Crippen molar-refractivity contribution in [1.29, 1.82) is 0 Å². The molecule has 3 amide bonds. The predicted molar refractivity (Wildman–Crippen MR) is 106 cm³/mol. The van der Waals surface area contributed by atoms with Crippen LogP contribution in [0, 0.1) is 0 Å². The van der Waals surface area contributed by atoms with Gasteiger partial charge in [0.25, 0.3) is 5.91 Å². The van der Waals surface area contributed by atoms with Gasteiger partial charge in [-0.25, -0.2) is 9.78 Å². The quantitative estimate of drug-likeness (QED) is 0.204. The van der Waals surface area contributed by atoms with Gasteiger partial charge in [0.15, 0.2) is 5.96 Å². The largest absolute Gasteiger partial charge is 0.356 e. The Balaban J connectivity index is 1.68. The van der Waals surface area contributed by atoms with Crippen molar-refractivity contribution in [2.45, 2.75) is 38.6 Å². The molecule has 2 heterocycles. The highest BCUT2D eigenvalue weighted by Crippen LogP contribution is 2.20. The Labute approximate surface area is 164 Å². The van der Waals surface area contributed by atoms with Crippen molar-refractivity contribution in [3.8, 4) is 0 Å². The zero-order chi connectivity index (χ0) is 19.9. The minimum absolute atomic E-state index is 0.158. The van der Waals surface area contributed by atoms with Crippen molar-refractivity contribution in [3.63, 3.8) is 0 Å². The molecule has 1 fully saturated rings. The van der Waals surface area contributed by atoms with Crippen LogP contribution >= 0.6 is 11.6 Å². The van der Waals surface area contributed by atoms with Crippen LogP contribution in [0.15, 0.2) is 23.3 Å². The maximum atomic E-state index is 12.3. The highest BCUT2D eigenvalue weighted by molar-refractivity contribution is 6.29. The molecule has 0 radical (unpaired) electrons. The maximum absolute atomic E-state index is 12.3. The van der Waals surface area contributed by atoms with Gasteiger partial charge in [-0.1, -0.05) is 24.6 Å². The molecule has 0 aromatic carbocycles. The second kappa shape index (κ2) is 9.55. The Kier molecular flexibility index (Phi) is 7.41. The summed E-state index contributed by atoms with van der Waals surface area (Å²) >= 11 is 5.77. The molecule has 1 aliphatic heterocycles. The van der Waals surface area contributed by atoms with Gasteiger partial charge in [-0.05, 0) is 37.8 Å². The van der Waals surface area contributed by atoms with Crippen LogP contribution in [-0.4, -0.2) is 60.0 Å². The molecule has 0 spiro atoms. The molecule has 8 nitrogen and oxygen atoms in total. The van der Waals surface area contributed by atoms with Gasteiger partial charge in [-0.15, -0.1) is 0 Å². The van der Waals surface area contributed by atoms with Crippen LogP contribution in [0.2, 0.25) is 5.15 Å². The normalized spacial score (nSPS) is 20.0. The summed E-state index contributed by atoms with van der Waals surface area (Å²) in [7, 11) is 1.70. The van der Waals surface area contributed by atoms with E-state index in [4.69, 9.17) is 11.6 Å². The molecule has 27 heavy (non-hydrogen) atoms. The zero-order valence-corrected chi connectivity index (χ0v) is 16.8. The van der Waals surface area contributed by atoms with E-state index in [9.17, 15) is 9.59 Å².